The average Bonchev–Trinajstić information content (AvgIpc) is 2.25. The predicted molar refractivity (Wildman–Crippen MR) is 45.8 cm³/mol. The normalized spacial score (nSPS) is 10.1. The number of aliphatic carboxylic acids is 1. The summed E-state index contributed by atoms with van der Waals surface area (Å²) < 4.78 is 1.62. The van der Waals surface area contributed by atoms with Crippen molar-refractivity contribution < 1.29 is 19.4 Å². The zero-order valence-corrected chi connectivity index (χ0v) is 7.85. The smallest absolute Gasteiger partial charge is 0.346 e. The number of Topliss-reactive ketones (excluding diaryl/α,β-unsaturated/α-hetero) is 1. The molecule has 1 rings (SSSR count). The molecule has 0 aromatic carbocycles. The molecule has 1 aromatic rings. The minimum atomic E-state index is -1.06. The molecule has 0 unspecified atom stereocenters. The predicted octanol–water partition coefficient (Wildman–Crippen LogP) is -0.283. The van der Waals surface area contributed by atoms with Crippen LogP contribution in [0.5, 0.6) is 0 Å². The fraction of sp³-hybridized carbons (Fsp3) is 0.375. The highest BCUT2D eigenvalue weighted by Gasteiger charge is 2.21. The van der Waals surface area contributed by atoms with Gasteiger partial charge in [-0.25, -0.2) is 14.1 Å². The first-order valence-corrected chi connectivity index (χ1v) is 3.95. The Morgan fingerprint density at radius 2 is 2.21 bits per heavy atom. The summed E-state index contributed by atoms with van der Waals surface area (Å²) >= 11 is 0. The fourth-order valence-corrected chi connectivity index (χ4v) is 1.28. The van der Waals surface area contributed by atoms with Gasteiger partial charge in [0.15, 0.2) is 12.2 Å². The van der Waals surface area contributed by atoms with E-state index in [1.807, 2.05) is 0 Å². The molecule has 1 aromatic heterocycles. The van der Waals surface area contributed by atoms with Gasteiger partial charge in [-0.2, -0.15) is 0 Å². The van der Waals surface area contributed by atoms with Gasteiger partial charge in [-0.15, -0.1) is 0 Å². The molecule has 0 aliphatic heterocycles. The van der Waals surface area contributed by atoms with Crippen LogP contribution < -0.4 is 4.73 Å². The van der Waals surface area contributed by atoms with Crippen molar-refractivity contribution in [2.24, 2.45) is 0 Å². The molecule has 1 heterocycles. The lowest BCUT2D eigenvalue weighted by Crippen LogP contribution is -2.30. The van der Waals surface area contributed by atoms with E-state index in [9.17, 15) is 14.8 Å². The fourth-order valence-electron chi connectivity index (χ4n) is 1.28. The maximum absolute atomic E-state index is 11.2. The number of hydrogen-bond acceptors (Lipinski definition) is 3. The molecule has 6 heteroatoms. The van der Waals surface area contributed by atoms with E-state index in [0.717, 1.165) is 6.33 Å². The van der Waals surface area contributed by atoms with Crippen molar-refractivity contribution in [3.8, 4) is 0 Å². The molecule has 0 bridgehead atoms. The molecule has 0 fully saturated rings. The second-order valence-corrected chi connectivity index (χ2v) is 2.95. The van der Waals surface area contributed by atoms with Crippen molar-refractivity contribution >= 4 is 11.8 Å². The summed E-state index contributed by atoms with van der Waals surface area (Å²) in [5.41, 5.74) is 0.362. The van der Waals surface area contributed by atoms with E-state index in [2.05, 4.69) is 0 Å². The number of carbonyl (C=O) groups excluding carboxylic acids is 1. The average molecular weight is 198 g/mol. The number of carboxylic acids is 1. The lowest BCUT2D eigenvalue weighted by molar-refractivity contribution is -0.607. The number of hydrogen-bond donors (Lipinski definition) is 1. The standard InChI is InChI=1S/C8H10N2O4/c1-5-8(6(2)11)10(14)4-9(5)3-7(12)13/h4H,3H2,1-2H3,(H,12,13). The quantitative estimate of drug-likeness (QED) is 0.411. The van der Waals surface area contributed by atoms with Gasteiger partial charge in [0.05, 0.1) is 0 Å². The van der Waals surface area contributed by atoms with Crippen molar-refractivity contribution in [1.29, 1.82) is 0 Å². The summed E-state index contributed by atoms with van der Waals surface area (Å²) in [7, 11) is 0. The van der Waals surface area contributed by atoms with Crippen LogP contribution in [0.3, 0.4) is 0 Å². The number of rotatable bonds is 3. The summed E-state index contributed by atoms with van der Waals surface area (Å²) in [6.45, 7) is 2.48. The molecule has 0 amide bonds. The zero-order valence-electron chi connectivity index (χ0n) is 7.85. The Labute approximate surface area is 80.0 Å². The van der Waals surface area contributed by atoms with E-state index in [1.54, 1.807) is 0 Å². The summed E-state index contributed by atoms with van der Waals surface area (Å²) in [6, 6.07) is 0. The third-order valence-electron chi connectivity index (χ3n) is 1.88. The highest BCUT2D eigenvalue weighted by molar-refractivity contribution is 5.91. The molecule has 76 valence electrons. The third-order valence-corrected chi connectivity index (χ3v) is 1.88. The molecule has 0 atom stereocenters. The molecular weight excluding hydrogens is 188 g/mol. The highest BCUT2D eigenvalue weighted by atomic mass is 16.5. The van der Waals surface area contributed by atoms with E-state index < -0.39 is 5.97 Å². The lowest BCUT2D eigenvalue weighted by Gasteiger charge is -1.97. The van der Waals surface area contributed by atoms with Gasteiger partial charge in [-0.05, 0) is 0 Å². The lowest BCUT2D eigenvalue weighted by atomic mass is 10.2. The van der Waals surface area contributed by atoms with Crippen LogP contribution in [0.1, 0.15) is 23.1 Å². The van der Waals surface area contributed by atoms with E-state index in [4.69, 9.17) is 5.11 Å². The first-order chi connectivity index (χ1) is 6.43. The summed E-state index contributed by atoms with van der Waals surface area (Å²) in [5, 5.41) is 19.7. The van der Waals surface area contributed by atoms with Gasteiger partial charge in [0.1, 0.15) is 0 Å². The molecular formula is C8H10N2O4. The summed E-state index contributed by atoms with van der Waals surface area (Å²) in [6.07, 6.45) is 1.06. The Balaban J connectivity index is 3.16. The van der Waals surface area contributed by atoms with Crippen LogP contribution in [0.15, 0.2) is 6.33 Å². The number of ketones is 1. The van der Waals surface area contributed by atoms with E-state index in [-0.39, 0.29) is 18.0 Å². The molecule has 1 N–H and O–H groups in total. The van der Waals surface area contributed by atoms with Crippen molar-refractivity contribution in [1.82, 2.24) is 4.57 Å². The first kappa shape index (κ1) is 10.2. The topological polar surface area (TPSA) is 86.2 Å². The van der Waals surface area contributed by atoms with Crippen LogP contribution in [0, 0.1) is 12.1 Å². The molecule has 0 radical (unpaired) electrons. The Bertz CT molecular complexity index is 394. The summed E-state index contributed by atoms with van der Waals surface area (Å²) in [4.78, 5) is 21.4. The van der Waals surface area contributed by atoms with Crippen molar-refractivity contribution in [3.63, 3.8) is 0 Å². The van der Waals surface area contributed by atoms with E-state index in [1.165, 1.54) is 18.4 Å². The van der Waals surface area contributed by atoms with Gasteiger partial charge in [-0.3, -0.25) is 4.79 Å². The minimum absolute atomic E-state index is 0.00810. The van der Waals surface area contributed by atoms with Crippen LogP contribution in [0.4, 0.5) is 0 Å². The molecule has 0 aliphatic carbocycles. The van der Waals surface area contributed by atoms with Crippen LogP contribution in [-0.4, -0.2) is 21.4 Å². The maximum atomic E-state index is 11.2. The molecule has 0 saturated carbocycles. The second kappa shape index (κ2) is 3.49. The molecule has 0 aliphatic rings. The van der Waals surface area contributed by atoms with Crippen LogP contribution in [0.2, 0.25) is 0 Å². The Kier molecular flexibility index (Phi) is 2.55. The van der Waals surface area contributed by atoms with Crippen molar-refractivity contribution in [2.45, 2.75) is 20.4 Å². The number of nitrogens with zero attached hydrogens (tertiary/aromatic N) is 2. The number of aromatic nitrogens is 2. The largest absolute Gasteiger partial charge is 0.710 e. The Morgan fingerprint density at radius 1 is 1.64 bits per heavy atom. The third kappa shape index (κ3) is 1.73. The summed E-state index contributed by atoms with van der Waals surface area (Å²) in [5.74, 6) is -1.43. The van der Waals surface area contributed by atoms with Gasteiger partial charge < -0.3 is 10.3 Å². The monoisotopic (exact) mass is 198 g/mol. The Morgan fingerprint density at radius 3 is 2.57 bits per heavy atom. The van der Waals surface area contributed by atoms with Gasteiger partial charge in [0.25, 0.3) is 0 Å². The van der Waals surface area contributed by atoms with Crippen LogP contribution in [0.25, 0.3) is 0 Å². The molecule has 0 spiro atoms. The molecule has 6 nitrogen and oxygen atoms in total. The van der Waals surface area contributed by atoms with Crippen molar-refractivity contribution in [2.75, 3.05) is 0 Å². The molecule has 14 heavy (non-hydrogen) atoms. The van der Waals surface area contributed by atoms with E-state index >= 15 is 0 Å². The number of carboxylic acid groups (broad SMARTS) is 1. The minimum Gasteiger partial charge on any atom is -0.710 e. The van der Waals surface area contributed by atoms with Gasteiger partial charge in [-0.1, -0.05) is 0 Å². The SMILES string of the molecule is CC(=O)c1c(C)n(CC(=O)O)c[n+]1[O-]. The van der Waals surface area contributed by atoms with Crippen molar-refractivity contribution in [3.05, 3.63) is 22.9 Å². The molecule has 0 saturated heterocycles. The number of imidazole rings is 1. The van der Waals surface area contributed by atoms with Gasteiger partial charge in [0, 0.05) is 13.8 Å². The van der Waals surface area contributed by atoms with Gasteiger partial charge in [0.2, 0.25) is 17.8 Å². The zero-order chi connectivity index (χ0) is 10.9. The van der Waals surface area contributed by atoms with Gasteiger partial charge >= 0.3 is 5.97 Å². The first-order valence-electron chi connectivity index (χ1n) is 3.95. The van der Waals surface area contributed by atoms with Crippen LogP contribution >= 0.6 is 0 Å². The second-order valence-electron chi connectivity index (χ2n) is 2.95. The maximum Gasteiger partial charge on any atom is 0.346 e. The highest BCUT2D eigenvalue weighted by Crippen LogP contribution is 2.04. The Hall–Kier alpha value is -1.85. The van der Waals surface area contributed by atoms with E-state index in [0.29, 0.717) is 10.4 Å². The number of carbonyl (C=O) groups is 2. The van der Waals surface area contributed by atoms with Crippen LogP contribution in [-0.2, 0) is 11.3 Å².